The molecule has 0 unspecified atom stereocenters. The third-order valence-corrected chi connectivity index (χ3v) is 4.37. The molecule has 0 aliphatic carbocycles. The predicted octanol–water partition coefficient (Wildman–Crippen LogP) is 4.00. The summed E-state index contributed by atoms with van der Waals surface area (Å²) in [7, 11) is 0. The lowest BCUT2D eigenvalue weighted by atomic mass is 10.2. The smallest absolute Gasteiger partial charge is 0.193 e. The summed E-state index contributed by atoms with van der Waals surface area (Å²) in [4.78, 5) is 6.94. The van der Waals surface area contributed by atoms with Crippen molar-refractivity contribution >= 4 is 28.1 Å². The van der Waals surface area contributed by atoms with Crippen LogP contribution >= 0.6 is 23.1 Å². The van der Waals surface area contributed by atoms with E-state index >= 15 is 0 Å². The Balaban J connectivity index is 1.71. The normalized spacial score (nSPS) is 11.1. The summed E-state index contributed by atoms with van der Waals surface area (Å²) in [5, 5.41) is 2.05. The molecule has 1 aromatic carbocycles. The van der Waals surface area contributed by atoms with E-state index in [0.29, 0.717) is 0 Å². The van der Waals surface area contributed by atoms with Gasteiger partial charge in [-0.15, -0.1) is 23.1 Å². The lowest BCUT2D eigenvalue weighted by molar-refractivity contribution is 1.21. The molecule has 86 valence electrons. The molecule has 0 N–H and O–H groups in total. The van der Waals surface area contributed by atoms with Gasteiger partial charge in [0.05, 0.1) is 5.69 Å². The second-order valence-electron chi connectivity index (χ2n) is 3.93. The Morgan fingerprint density at radius 2 is 2.12 bits per heavy atom. The van der Waals surface area contributed by atoms with Crippen LogP contribution in [0, 0.1) is 6.92 Å². The topological polar surface area (TPSA) is 17.3 Å². The Labute approximate surface area is 108 Å². The van der Waals surface area contributed by atoms with Crippen LogP contribution in [0.1, 0.15) is 11.3 Å². The third kappa shape index (κ3) is 2.37. The maximum Gasteiger partial charge on any atom is 0.193 e. The fourth-order valence-electron chi connectivity index (χ4n) is 1.64. The van der Waals surface area contributed by atoms with Crippen molar-refractivity contribution in [1.29, 1.82) is 0 Å². The van der Waals surface area contributed by atoms with Gasteiger partial charge in [-0.25, -0.2) is 4.98 Å². The minimum atomic E-state index is 0.928. The standard InChI is InChI=1S/C13H12N2S2/c1-10-2-4-12(5-3-10)17-9-11-8-15-6-7-16-13(15)14-11/h2-8H,9H2,1H3. The van der Waals surface area contributed by atoms with Crippen molar-refractivity contribution in [3.8, 4) is 0 Å². The zero-order chi connectivity index (χ0) is 11.7. The second kappa shape index (κ2) is 4.55. The van der Waals surface area contributed by atoms with Gasteiger partial charge in [0, 0.05) is 28.4 Å². The van der Waals surface area contributed by atoms with Crippen LogP contribution < -0.4 is 0 Å². The Morgan fingerprint density at radius 3 is 2.88 bits per heavy atom. The summed E-state index contributed by atoms with van der Waals surface area (Å²) >= 11 is 3.50. The molecule has 2 heterocycles. The predicted molar refractivity (Wildman–Crippen MR) is 73.8 cm³/mol. The number of aryl methyl sites for hydroxylation is 1. The van der Waals surface area contributed by atoms with Gasteiger partial charge in [-0.3, -0.25) is 4.40 Å². The number of benzene rings is 1. The number of rotatable bonds is 3. The maximum atomic E-state index is 4.57. The molecule has 0 saturated heterocycles. The third-order valence-electron chi connectivity index (χ3n) is 2.55. The fourth-order valence-corrected chi connectivity index (χ4v) is 3.14. The van der Waals surface area contributed by atoms with Crippen molar-refractivity contribution in [3.63, 3.8) is 0 Å². The zero-order valence-corrected chi connectivity index (χ0v) is 11.1. The second-order valence-corrected chi connectivity index (χ2v) is 5.85. The SMILES string of the molecule is Cc1ccc(SCc2cn3ccsc3n2)cc1. The van der Waals surface area contributed by atoms with Crippen LogP contribution in [0.4, 0.5) is 0 Å². The van der Waals surface area contributed by atoms with Crippen LogP contribution in [-0.4, -0.2) is 9.38 Å². The number of thiazole rings is 1. The van der Waals surface area contributed by atoms with Crippen LogP contribution in [0.25, 0.3) is 4.96 Å². The first kappa shape index (κ1) is 10.9. The number of hydrogen-bond donors (Lipinski definition) is 0. The average Bonchev–Trinajstić information content (AvgIpc) is 2.88. The first-order valence-electron chi connectivity index (χ1n) is 5.42. The van der Waals surface area contributed by atoms with Crippen molar-refractivity contribution in [1.82, 2.24) is 9.38 Å². The van der Waals surface area contributed by atoms with E-state index in [4.69, 9.17) is 0 Å². The molecule has 0 aliphatic rings. The monoisotopic (exact) mass is 260 g/mol. The Morgan fingerprint density at radius 1 is 1.29 bits per heavy atom. The van der Waals surface area contributed by atoms with Gasteiger partial charge in [-0.1, -0.05) is 17.7 Å². The quantitative estimate of drug-likeness (QED) is 0.662. The van der Waals surface area contributed by atoms with E-state index in [2.05, 4.69) is 52.2 Å². The summed E-state index contributed by atoms with van der Waals surface area (Å²) in [6, 6.07) is 8.62. The van der Waals surface area contributed by atoms with Crippen LogP contribution in [0.2, 0.25) is 0 Å². The number of fused-ring (bicyclic) bond motifs is 1. The van der Waals surface area contributed by atoms with Crippen molar-refractivity contribution in [2.45, 2.75) is 17.6 Å². The zero-order valence-electron chi connectivity index (χ0n) is 9.46. The molecule has 4 heteroatoms. The minimum absolute atomic E-state index is 0.928. The van der Waals surface area contributed by atoms with Crippen LogP contribution in [0.5, 0.6) is 0 Å². The highest BCUT2D eigenvalue weighted by molar-refractivity contribution is 7.98. The van der Waals surface area contributed by atoms with Gasteiger partial charge in [-0.2, -0.15) is 0 Å². The van der Waals surface area contributed by atoms with E-state index in [1.807, 2.05) is 18.0 Å². The highest BCUT2D eigenvalue weighted by Crippen LogP contribution is 2.23. The molecule has 17 heavy (non-hydrogen) atoms. The van der Waals surface area contributed by atoms with E-state index in [-0.39, 0.29) is 0 Å². The van der Waals surface area contributed by atoms with Gasteiger partial charge in [0.1, 0.15) is 0 Å². The lowest BCUT2D eigenvalue weighted by Crippen LogP contribution is -1.80. The summed E-state index contributed by atoms with van der Waals surface area (Å²) < 4.78 is 2.08. The van der Waals surface area contributed by atoms with Gasteiger partial charge >= 0.3 is 0 Å². The van der Waals surface area contributed by atoms with Gasteiger partial charge < -0.3 is 0 Å². The number of thioether (sulfide) groups is 1. The molecule has 0 radical (unpaired) electrons. The molecule has 2 aromatic heterocycles. The molecule has 0 amide bonds. The van der Waals surface area contributed by atoms with Crippen molar-refractivity contribution in [3.05, 3.63) is 53.3 Å². The van der Waals surface area contributed by atoms with Crippen LogP contribution in [-0.2, 0) is 5.75 Å². The van der Waals surface area contributed by atoms with Crippen molar-refractivity contribution in [2.75, 3.05) is 0 Å². The number of imidazole rings is 1. The molecule has 3 rings (SSSR count). The van der Waals surface area contributed by atoms with Crippen molar-refractivity contribution < 1.29 is 0 Å². The molecular formula is C13H12N2S2. The largest absolute Gasteiger partial charge is 0.297 e. The number of hydrogen-bond acceptors (Lipinski definition) is 3. The van der Waals surface area contributed by atoms with Crippen LogP contribution in [0.3, 0.4) is 0 Å². The average molecular weight is 260 g/mol. The first-order valence-corrected chi connectivity index (χ1v) is 7.28. The highest BCUT2D eigenvalue weighted by Gasteiger charge is 2.03. The van der Waals surface area contributed by atoms with E-state index < -0.39 is 0 Å². The summed E-state index contributed by atoms with van der Waals surface area (Å²) in [5.41, 5.74) is 2.44. The van der Waals surface area contributed by atoms with Crippen molar-refractivity contribution in [2.24, 2.45) is 0 Å². The Hall–Kier alpha value is -1.26. The molecule has 0 fully saturated rings. The van der Waals surface area contributed by atoms with E-state index in [0.717, 1.165) is 16.4 Å². The maximum absolute atomic E-state index is 4.57. The summed E-state index contributed by atoms with van der Waals surface area (Å²) in [6.07, 6.45) is 4.15. The minimum Gasteiger partial charge on any atom is -0.297 e. The fraction of sp³-hybridized carbons (Fsp3) is 0.154. The number of aromatic nitrogens is 2. The molecule has 0 atom stereocenters. The molecular weight excluding hydrogens is 248 g/mol. The summed E-state index contributed by atoms with van der Waals surface area (Å²) in [5.74, 6) is 0.928. The van der Waals surface area contributed by atoms with E-state index in [1.54, 1.807) is 11.3 Å². The molecule has 2 nitrogen and oxygen atoms in total. The van der Waals surface area contributed by atoms with Gasteiger partial charge in [0.25, 0.3) is 0 Å². The van der Waals surface area contributed by atoms with E-state index in [9.17, 15) is 0 Å². The van der Waals surface area contributed by atoms with Gasteiger partial charge in [0.15, 0.2) is 4.96 Å². The highest BCUT2D eigenvalue weighted by atomic mass is 32.2. The first-order chi connectivity index (χ1) is 8.31. The van der Waals surface area contributed by atoms with Gasteiger partial charge in [0.2, 0.25) is 0 Å². The molecule has 0 saturated carbocycles. The van der Waals surface area contributed by atoms with Gasteiger partial charge in [-0.05, 0) is 19.1 Å². The lowest BCUT2D eigenvalue weighted by Gasteiger charge is -1.99. The van der Waals surface area contributed by atoms with Crippen LogP contribution in [0.15, 0.2) is 46.9 Å². The Kier molecular flexibility index (Phi) is 2.91. The Bertz CT molecular complexity index is 594. The molecule has 0 bridgehead atoms. The molecule has 0 aliphatic heterocycles. The number of nitrogens with zero attached hydrogens (tertiary/aromatic N) is 2. The molecule has 0 spiro atoms. The summed E-state index contributed by atoms with van der Waals surface area (Å²) in [6.45, 7) is 2.11. The van der Waals surface area contributed by atoms with E-state index in [1.165, 1.54) is 10.5 Å². The molecule has 3 aromatic rings.